The molecule has 0 bridgehead atoms. The number of carboxylic acids is 1. The minimum absolute atomic E-state index is 0.0445. The quantitative estimate of drug-likeness (QED) is 0.410. The van der Waals surface area contributed by atoms with E-state index in [0.717, 1.165) is 31.6 Å². The van der Waals surface area contributed by atoms with Crippen molar-refractivity contribution in [1.29, 1.82) is 0 Å². The highest BCUT2D eigenvalue weighted by molar-refractivity contribution is 7.92. The van der Waals surface area contributed by atoms with E-state index in [1.165, 1.54) is 42.1 Å². The second kappa shape index (κ2) is 8.70. The van der Waals surface area contributed by atoms with Gasteiger partial charge in [-0.05, 0) is 49.2 Å². The maximum absolute atomic E-state index is 15.3. The zero-order chi connectivity index (χ0) is 24.7. The number of nitrogens with one attached hydrogen (secondary N) is 1. The molecule has 2 N–H and O–H groups in total. The van der Waals surface area contributed by atoms with Gasteiger partial charge in [-0.15, -0.1) is 0 Å². The minimum atomic E-state index is -4.00. The summed E-state index contributed by atoms with van der Waals surface area (Å²) in [5.41, 5.74) is 1.08. The Bertz CT molecular complexity index is 1540. The summed E-state index contributed by atoms with van der Waals surface area (Å²) in [6.45, 7) is 1.66. The summed E-state index contributed by atoms with van der Waals surface area (Å²) >= 11 is 0. The Morgan fingerprint density at radius 1 is 1.09 bits per heavy atom. The van der Waals surface area contributed by atoms with Crippen LogP contribution in [0.25, 0.3) is 22.2 Å². The second-order valence-electron chi connectivity index (χ2n) is 8.42. The van der Waals surface area contributed by atoms with Crippen LogP contribution in [0.2, 0.25) is 0 Å². The van der Waals surface area contributed by atoms with Crippen LogP contribution in [0.15, 0.2) is 65.7 Å². The molecule has 0 atom stereocenters. The van der Waals surface area contributed by atoms with Crippen LogP contribution in [0.4, 0.5) is 15.8 Å². The predicted octanol–water partition coefficient (Wildman–Crippen LogP) is 4.48. The van der Waals surface area contributed by atoms with Crippen LogP contribution in [-0.4, -0.2) is 42.1 Å². The maximum atomic E-state index is 15.3. The standard InChI is InChI=1S/C25H23FN4O4S/c1-29-23(25(31)32)21(18-15-16(9-10-19(18)26)30-13-5-6-14-30)22-20(11-12-27-24(22)29)28-35(33,34)17-7-3-2-4-8-17/h2-4,7-12,15H,5-6,13-14H2,1H3,(H,27,28)(H,31,32). The molecule has 0 spiro atoms. The van der Waals surface area contributed by atoms with Crippen molar-refractivity contribution in [3.63, 3.8) is 0 Å². The first kappa shape index (κ1) is 22.9. The monoisotopic (exact) mass is 494 g/mol. The molecule has 1 fully saturated rings. The Morgan fingerprint density at radius 3 is 2.49 bits per heavy atom. The van der Waals surface area contributed by atoms with Crippen LogP contribution < -0.4 is 9.62 Å². The number of nitrogens with zero attached hydrogens (tertiary/aromatic N) is 3. The molecule has 0 radical (unpaired) electrons. The average molecular weight is 495 g/mol. The van der Waals surface area contributed by atoms with Gasteiger partial charge in [-0.2, -0.15) is 0 Å². The number of carboxylic acid groups (broad SMARTS) is 1. The largest absolute Gasteiger partial charge is 0.477 e. The first-order valence-electron chi connectivity index (χ1n) is 11.1. The summed E-state index contributed by atoms with van der Waals surface area (Å²) in [7, 11) is -2.48. The van der Waals surface area contributed by atoms with Gasteiger partial charge in [0.1, 0.15) is 17.2 Å². The van der Waals surface area contributed by atoms with E-state index in [1.807, 2.05) is 0 Å². The third kappa shape index (κ3) is 3.99. The van der Waals surface area contributed by atoms with Crippen molar-refractivity contribution in [2.75, 3.05) is 22.7 Å². The Morgan fingerprint density at radius 2 is 1.80 bits per heavy atom. The van der Waals surface area contributed by atoms with Crippen molar-refractivity contribution in [2.24, 2.45) is 7.05 Å². The summed E-state index contributed by atoms with van der Waals surface area (Å²) in [6, 6.07) is 13.9. The van der Waals surface area contributed by atoms with Crippen LogP contribution >= 0.6 is 0 Å². The van der Waals surface area contributed by atoms with E-state index in [4.69, 9.17) is 0 Å². The molecule has 0 aliphatic carbocycles. The number of rotatable bonds is 6. The fourth-order valence-electron chi connectivity index (χ4n) is 4.62. The molecule has 3 heterocycles. The summed E-state index contributed by atoms with van der Waals surface area (Å²) < 4.78 is 45.3. The van der Waals surface area contributed by atoms with Crippen molar-refractivity contribution in [3.8, 4) is 11.1 Å². The molecular weight excluding hydrogens is 471 g/mol. The lowest BCUT2D eigenvalue weighted by Gasteiger charge is -2.19. The lowest BCUT2D eigenvalue weighted by atomic mass is 10.00. The van der Waals surface area contributed by atoms with Crippen molar-refractivity contribution >= 4 is 38.4 Å². The van der Waals surface area contributed by atoms with E-state index in [-0.39, 0.29) is 38.4 Å². The lowest BCUT2D eigenvalue weighted by Crippen LogP contribution is -2.17. The Balaban J connectivity index is 1.76. The van der Waals surface area contributed by atoms with E-state index < -0.39 is 21.8 Å². The van der Waals surface area contributed by atoms with Gasteiger partial charge in [0.25, 0.3) is 10.0 Å². The predicted molar refractivity (Wildman–Crippen MR) is 132 cm³/mol. The van der Waals surface area contributed by atoms with Gasteiger partial charge in [-0.3, -0.25) is 4.72 Å². The van der Waals surface area contributed by atoms with Crippen molar-refractivity contribution in [3.05, 3.63) is 72.3 Å². The fraction of sp³-hybridized carbons (Fsp3) is 0.200. The zero-order valence-corrected chi connectivity index (χ0v) is 19.7. The van der Waals surface area contributed by atoms with Crippen molar-refractivity contribution in [1.82, 2.24) is 9.55 Å². The highest BCUT2D eigenvalue weighted by Crippen LogP contribution is 2.41. The molecule has 10 heteroatoms. The van der Waals surface area contributed by atoms with Gasteiger partial charge >= 0.3 is 5.97 Å². The summed E-state index contributed by atoms with van der Waals surface area (Å²) in [6.07, 6.45) is 3.44. The van der Waals surface area contributed by atoms with Crippen LogP contribution in [0.1, 0.15) is 23.3 Å². The van der Waals surface area contributed by atoms with E-state index in [2.05, 4.69) is 14.6 Å². The molecule has 8 nitrogen and oxygen atoms in total. The zero-order valence-electron chi connectivity index (χ0n) is 18.9. The molecule has 2 aromatic heterocycles. The van der Waals surface area contributed by atoms with Crippen LogP contribution in [0, 0.1) is 5.82 Å². The van der Waals surface area contributed by atoms with Gasteiger partial charge in [0.15, 0.2) is 0 Å². The number of carbonyl (C=O) groups is 1. The number of fused-ring (bicyclic) bond motifs is 1. The average Bonchev–Trinajstić information content (AvgIpc) is 3.47. The summed E-state index contributed by atoms with van der Waals surface area (Å²) in [5, 5.41) is 10.3. The summed E-state index contributed by atoms with van der Waals surface area (Å²) in [4.78, 5) is 18.8. The number of aryl methyl sites for hydroxylation is 1. The molecule has 1 aliphatic rings. The van der Waals surface area contributed by atoms with E-state index >= 15 is 4.39 Å². The number of aromatic nitrogens is 2. The molecular formula is C25H23FN4O4S. The van der Waals surface area contributed by atoms with E-state index in [1.54, 1.807) is 30.3 Å². The molecule has 0 saturated carbocycles. The first-order chi connectivity index (χ1) is 16.8. The Hall–Kier alpha value is -3.92. The van der Waals surface area contributed by atoms with Crippen LogP contribution in [0.3, 0.4) is 0 Å². The van der Waals surface area contributed by atoms with Gasteiger partial charge < -0.3 is 14.6 Å². The summed E-state index contributed by atoms with van der Waals surface area (Å²) in [5.74, 6) is -1.88. The molecule has 35 heavy (non-hydrogen) atoms. The van der Waals surface area contributed by atoms with Crippen LogP contribution in [-0.2, 0) is 17.1 Å². The molecule has 1 aliphatic heterocycles. The van der Waals surface area contributed by atoms with Gasteiger partial charge in [-0.25, -0.2) is 22.6 Å². The van der Waals surface area contributed by atoms with Crippen molar-refractivity contribution < 1.29 is 22.7 Å². The molecule has 2 aromatic carbocycles. The van der Waals surface area contributed by atoms with E-state index in [0.29, 0.717) is 0 Å². The lowest BCUT2D eigenvalue weighted by molar-refractivity contribution is 0.0688. The normalized spacial score (nSPS) is 13.9. The van der Waals surface area contributed by atoms with Crippen LogP contribution in [0.5, 0.6) is 0 Å². The smallest absolute Gasteiger partial charge is 0.353 e. The molecule has 0 unspecified atom stereocenters. The maximum Gasteiger partial charge on any atom is 0.353 e. The number of anilines is 2. The number of pyridine rings is 1. The molecule has 180 valence electrons. The topological polar surface area (TPSA) is 105 Å². The molecule has 5 rings (SSSR count). The number of hydrogen-bond acceptors (Lipinski definition) is 5. The van der Waals surface area contributed by atoms with Gasteiger partial charge in [0, 0.05) is 43.1 Å². The number of benzene rings is 2. The number of hydrogen-bond donors (Lipinski definition) is 2. The molecule has 1 saturated heterocycles. The highest BCUT2D eigenvalue weighted by Gasteiger charge is 2.28. The van der Waals surface area contributed by atoms with Gasteiger partial charge in [0.2, 0.25) is 0 Å². The number of halogens is 1. The first-order valence-corrected chi connectivity index (χ1v) is 12.6. The molecule has 0 amide bonds. The minimum Gasteiger partial charge on any atom is -0.477 e. The highest BCUT2D eigenvalue weighted by atomic mass is 32.2. The van der Waals surface area contributed by atoms with E-state index in [9.17, 15) is 18.3 Å². The second-order valence-corrected chi connectivity index (χ2v) is 10.1. The number of sulfonamides is 1. The SMILES string of the molecule is Cn1c(C(=O)O)c(-c2cc(N3CCCC3)ccc2F)c2c(NS(=O)(=O)c3ccccc3)ccnc21. The molecule has 4 aromatic rings. The van der Waals surface area contributed by atoms with Gasteiger partial charge in [0.05, 0.1) is 16.0 Å². The third-order valence-electron chi connectivity index (χ3n) is 6.26. The fourth-order valence-corrected chi connectivity index (χ4v) is 5.71. The Labute approximate surface area is 201 Å². The van der Waals surface area contributed by atoms with Gasteiger partial charge in [-0.1, -0.05) is 18.2 Å². The Kier molecular flexibility index (Phi) is 5.68. The van der Waals surface area contributed by atoms with Crippen molar-refractivity contribution in [2.45, 2.75) is 17.7 Å². The third-order valence-corrected chi connectivity index (χ3v) is 7.64. The number of aromatic carboxylic acids is 1.